The molecule has 49 heavy (non-hydrogen) atoms. The van der Waals surface area contributed by atoms with Gasteiger partial charge in [0.2, 0.25) is 0 Å². The molecule has 0 N–H and O–H groups in total. The van der Waals surface area contributed by atoms with Crippen LogP contribution in [-0.2, 0) is 36.5 Å². The summed E-state index contributed by atoms with van der Waals surface area (Å²) in [5, 5.41) is 0. The summed E-state index contributed by atoms with van der Waals surface area (Å²) in [7, 11) is 0. The van der Waals surface area contributed by atoms with Gasteiger partial charge in [-0.05, 0) is 46.5 Å². The van der Waals surface area contributed by atoms with Crippen LogP contribution < -0.4 is 0 Å². The predicted octanol–water partition coefficient (Wildman–Crippen LogP) is 9.07. The number of halogens is 4. The fourth-order valence-electron chi connectivity index (χ4n) is 5.83. The topological polar surface area (TPSA) is 46.2 Å². The molecule has 2 aliphatic rings. The third kappa shape index (κ3) is 8.37. The van der Waals surface area contributed by atoms with Gasteiger partial charge in [-0.3, -0.25) is 0 Å². The van der Waals surface area contributed by atoms with Gasteiger partial charge in [0.25, 0.3) is 0 Å². The van der Waals surface area contributed by atoms with Crippen LogP contribution in [0.25, 0.3) is 22.3 Å². The lowest BCUT2D eigenvalue weighted by atomic mass is 10.00. The van der Waals surface area contributed by atoms with Crippen molar-refractivity contribution in [3.8, 4) is 22.3 Å². The van der Waals surface area contributed by atoms with Gasteiger partial charge >= 0.3 is 0 Å². The summed E-state index contributed by atoms with van der Waals surface area (Å²) in [6, 6.07) is 19.4. The quantitative estimate of drug-likeness (QED) is 0.0853. The minimum absolute atomic E-state index is 0.0215. The molecular weight excluding hydrogens is 636 g/mol. The molecule has 0 aliphatic carbocycles. The lowest BCUT2D eigenvalue weighted by molar-refractivity contribution is -0.197. The van der Waals surface area contributed by atoms with Crippen molar-refractivity contribution in [2.45, 2.75) is 25.4 Å². The molecule has 2 saturated heterocycles. The largest absolute Gasteiger partial charge is 0.381 e. The van der Waals surface area contributed by atoms with Crippen molar-refractivity contribution in [3.63, 3.8) is 0 Å². The Kier molecular flexibility index (Phi) is 11.4. The Balaban J connectivity index is 0.993. The Morgan fingerprint density at radius 2 is 0.857 bits per heavy atom. The molecule has 4 aromatic carbocycles. The second-order valence-corrected chi connectivity index (χ2v) is 12.2. The highest BCUT2D eigenvalue weighted by Crippen LogP contribution is 2.31. The Morgan fingerprint density at radius 1 is 0.531 bits per heavy atom. The van der Waals surface area contributed by atoms with Crippen LogP contribution in [0.4, 0.5) is 17.6 Å². The van der Waals surface area contributed by atoms with E-state index in [1.165, 1.54) is 24.3 Å². The molecular formula is C40H38F4O5. The van der Waals surface area contributed by atoms with E-state index in [1.807, 2.05) is 24.3 Å². The Hall–Kier alpha value is -4.12. The normalized spacial score (nSPS) is 21.0. The van der Waals surface area contributed by atoms with E-state index in [9.17, 15) is 17.6 Å². The molecule has 2 heterocycles. The van der Waals surface area contributed by atoms with E-state index in [2.05, 4.69) is 13.2 Å². The minimum Gasteiger partial charge on any atom is -0.381 e. The minimum atomic E-state index is -0.696. The van der Waals surface area contributed by atoms with Crippen molar-refractivity contribution in [2.75, 3.05) is 39.6 Å². The third-order valence-electron chi connectivity index (χ3n) is 8.82. The van der Waals surface area contributed by atoms with Crippen molar-refractivity contribution in [3.05, 3.63) is 144 Å². The van der Waals surface area contributed by atoms with Gasteiger partial charge in [0, 0.05) is 46.9 Å². The molecule has 2 aliphatic heterocycles. The fraction of sp³-hybridized carbons (Fsp3) is 0.300. The van der Waals surface area contributed by atoms with Crippen LogP contribution in [-0.4, -0.2) is 39.6 Å². The molecule has 0 saturated carbocycles. The van der Waals surface area contributed by atoms with Crippen LogP contribution in [0.2, 0.25) is 0 Å². The Bertz CT molecular complexity index is 1570. The first-order chi connectivity index (χ1) is 23.8. The second-order valence-electron chi connectivity index (χ2n) is 12.2. The van der Waals surface area contributed by atoms with Crippen LogP contribution in [0.1, 0.15) is 34.8 Å². The van der Waals surface area contributed by atoms with Crippen molar-refractivity contribution in [2.24, 2.45) is 11.8 Å². The SMILES string of the molecule is C=CC1COC(c2ccc(-c3cc(F)c(CCOCCc4c(F)cc(-c5ccc(C6OCC(C=C)CO6)cc5)cc4F)c(F)c3)cc2)OC1. The molecule has 0 spiro atoms. The first-order valence-corrected chi connectivity index (χ1v) is 16.3. The molecule has 2 fully saturated rings. The maximum absolute atomic E-state index is 15.0. The number of hydrogen-bond donors (Lipinski definition) is 0. The smallest absolute Gasteiger partial charge is 0.183 e. The molecule has 0 bridgehead atoms. The molecule has 0 radical (unpaired) electrons. The van der Waals surface area contributed by atoms with Gasteiger partial charge in [-0.25, -0.2) is 17.6 Å². The average molecular weight is 675 g/mol. The van der Waals surface area contributed by atoms with Gasteiger partial charge in [-0.15, -0.1) is 13.2 Å². The second kappa shape index (κ2) is 16.1. The van der Waals surface area contributed by atoms with Crippen LogP contribution in [0, 0.1) is 35.1 Å². The highest BCUT2D eigenvalue weighted by molar-refractivity contribution is 5.65. The van der Waals surface area contributed by atoms with Gasteiger partial charge < -0.3 is 23.7 Å². The predicted molar refractivity (Wildman–Crippen MR) is 178 cm³/mol. The summed E-state index contributed by atoms with van der Waals surface area (Å²) in [5.74, 6) is -2.49. The number of ether oxygens (including phenoxy) is 5. The molecule has 0 unspecified atom stereocenters. The lowest BCUT2D eigenvalue weighted by Crippen LogP contribution is -2.25. The van der Waals surface area contributed by atoms with E-state index >= 15 is 0 Å². The van der Waals surface area contributed by atoms with Gasteiger partial charge in [0.15, 0.2) is 12.6 Å². The Labute approximate surface area is 283 Å². The maximum atomic E-state index is 15.0. The van der Waals surface area contributed by atoms with Crippen LogP contribution in [0.3, 0.4) is 0 Å². The van der Waals surface area contributed by atoms with Gasteiger partial charge in [-0.1, -0.05) is 60.7 Å². The zero-order valence-electron chi connectivity index (χ0n) is 27.0. The zero-order valence-corrected chi connectivity index (χ0v) is 27.0. The van der Waals surface area contributed by atoms with Gasteiger partial charge in [0.1, 0.15) is 23.3 Å². The van der Waals surface area contributed by atoms with Crippen LogP contribution >= 0.6 is 0 Å². The molecule has 0 aromatic heterocycles. The molecule has 256 valence electrons. The Morgan fingerprint density at radius 3 is 1.16 bits per heavy atom. The van der Waals surface area contributed by atoms with E-state index in [0.717, 1.165) is 11.1 Å². The standard InChI is InChI=1S/C40H38F4O5/c1-3-25-21-46-39(47-22-25)29-9-5-27(6-10-29)31-17-35(41)33(36(42)18-31)13-15-45-16-14-34-37(43)19-32(20-38(34)44)28-7-11-30(12-8-28)40-48-23-26(4-2)24-49-40/h3-12,17-20,25-26,39-40H,1-2,13-16,21-24H2. The van der Waals surface area contributed by atoms with Gasteiger partial charge in [0.05, 0.1) is 39.6 Å². The van der Waals surface area contributed by atoms with Gasteiger partial charge in [-0.2, -0.15) is 0 Å². The fourth-order valence-corrected chi connectivity index (χ4v) is 5.83. The number of benzene rings is 4. The summed E-state index contributed by atoms with van der Waals surface area (Å²) >= 11 is 0. The first-order valence-electron chi connectivity index (χ1n) is 16.3. The van der Waals surface area contributed by atoms with E-state index in [4.69, 9.17) is 23.7 Å². The van der Waals surface area contributed by atoms with Crippen LogP contribution in [0.5, 0.6) is 0 Å². The molecule has 6 rings (SSSR count). The summed E-state index contributed by atoms with van der Waals surface area (Å²) in [6.45, 7) is 9.52. The molecule has 5 nitrogen and oxygen atoms in total. The summed E-state index contributed by atoms with van der Waals surface area (Å²) < 4.78 is 88.4. The van der Waals surface area contributed by atoms with E-state index in [1.54, 1.807) is 36.4 Å². The van der Waals surface area contributed by atoms with E-state index in [-0.39, 0.29) is 49.0 Å². The van der Waals surface area contributed by atoms with Crippen molar-refractivity contribution >= 4 is 0 Å². The van der Waals surface area contributed by atoms with Crippen LogP contribution in [0.15, 0.2) is 98.1 Å². The average Bonchev–Trinajstić information content (AvgIpc) is 3.13. The molecule has 0 atom stereocenters. The summed E-state index contributed by atoms with van der Waals surface area (Å²) in [5.41, 5.74) is 3.46. The highest BCUT2D eigenvalue weighted by atomic mass is 19.1. The van der Waals surface area contributed by atoms with Crippen molar-refractivity contribution in [1.82, 2.24) is 0 Å². The summed E-state index contributed by atoms with van der Waals surface area (Å²) in [6.07, 6.45) is 2.52. The number of rotatable bonds is 12. The van der Waals surface area contributed by atoms with E-state index in [0.29, 0.717) is 48.7 Å². The highest BCUT2D eigenvalue weighted by Gasteiger charge is 2.23. The maximum Gasteiger partial charge on any atom is 0.183 e. The summed E-state index contributed by atoms with van der Waals surface area (Å²) in [4.78, 5) is 0. The first kappa shape index (κ1) is 34.7. The third-order valence-corrected chi connectivity index (χ3v) is 8.82. The molecule has 4 aromatic rings. The lowest BCUT2D eigenvalue weighted by Gasteiger charge is -2.28. The number of hydrogen-bond acceptors (Lipinski definition) is 5. The van der Waals surface area contributed by atoms with E-state index < -0.39 is 35.8 Å². The van der Waals surface area contributed by atoms with Crippen molar-refractivity contribution < 1.29 is 41.2 Å². The molecule has 9 heteroatoms. The zero-order chi connectivity index (χ0) is 34.3. The monoisotopic (exact) mass is 674 g/mol. The van der Waals surface area contributed by atoms with Crippen molar-refractivity contribution in [1.29, 1.82) is 0 Å². The molecule has 0 amide bonds.